The summed E-state index contributed by atoms with van der Waals surface area (Å²) >= 11 is 6.04. The Bertz CT molecular complexity index is 423. The normalized spacial score (nSPS) is 12.5. The molecular formula is C12H19ClN4O. The maximum atomic E-state index is 11.4. The number of nitrogens with two attached hydrogens (primary N) is 1. The maximum absolute atomic E-state index is 11.4. The van der Waals surface area contributed by atoms with E-state index in [4.69, 9.17) is 17.3 Å². The first kappa shape index (κ1) is 14.7. The van der Waals surface area contributed by atoms with Crippen LogP contribution in [0.15, 0.2) is 6.33 Å². The third kappa shape index (κ3) is 3.57. The molecular weight excluding hydrogens is 252 g/mol. The highest BCUT2D eigenvalue weighted by atomic mass is 35.5. The molecule has 1 atom stereocenters. The summed E-state index contributed by atoms with van der Waals surface area (Å²) in [5.41, 5.74) is 6.20. The van der Waals surface area contributed by atoms with E-state index in [2.05, 4.69) is 15.3 Å². The lowest BCUT2D eigenvalue weighted by Gasteiger charge is -2.21. The van der Waals surface area contributed by atoms with E-state index in [0.717, 1.165) is 18.4 Å². The summed E-state index contributed by atoms with van der Waals surface area (Å²) in [5.74, 6) is 0.266. The van der Waals surface area contributed by atoms with E-state index in [1.807, 2.05) is 20.8 Å². The SMILES string of the molecule is CCCc1c(Cl)ncnc1NC(C(N)=O)C(C)C. The molecule has 0 fully saturated rings. The lowest BCUT2D eigenvalue weighted by atomic mass is 10.0. The number of carbonyl (C=O) groups is 1. The van der Waals surface area contributed by atoms with Gasteiger partial charge in [0.1, 0.15) is 23.3 Å². The predicted octanol–water partition coefficient (Wildman–Crippen LogP) is 2.00. The number of nitrogens with zero attached hydrogens (tertiary/aromatic N) is 2. The fraction of sp³-hybridized carbons (Fsp3) is 0.583. The van der Waals surface area contributed by atoms with Crippen molar-refractivity contribution in [2.24, 2.45) is 11.7 Å². The number of primary amides is 1. The average Bonchev–Trinajstić information content (AvgIpc) is 2.29. The Morgan fingerprint density at radius 2 is 2.17 bits per heavy atom. The summed E-state index contributed by atoms with van der Waals surface area (Å²) in [7, 11) is 0. The molecule has 0 aliphatic carbocycles. The summed E-state index contributed by atoms with van der Waals surface area (Å²) in [6, 6.07) is -0.466. The molecule has 1 amide bonds. The number of amides is 1. The molecule has 100 valence electrons. The first-order valence-electron chi connectivity index (χ1n) is 6.02. The minimum atomic E-state index is -0.466. The van der Waals surface area contributed by atoms with Gasteiger partial charge in [-0.05, 0) is 12.3 Å². The Kier molecular flexibility index (Phi) is 5.34. The van der Waals surface area contributed by atoms with Gasteiger partial charge in [-0.1, -0.05) is 38.8 Å². The van der Waals surface area contributed by atoms with Crippen molar-refractivity contribution < 1.29 is 4.79 Å². The largest absolute Gasteiger partial charge is 0.368 e. The Labute approximate surface area is 112 Å². The summed E-state index contributed by atoms with van der Waals surface area (Å²) < 4.78 is 0. The van der Waals surface area contributed by atoms with Crippen LogP contribution in [0, 0.1) is 5.92 Å². The van der Waals surface area contributed by atoms with Crippen molar-refractivity contribution in [2.75, 3.05) is 5.32 Å². The van der Waals surface area contributed by atoms with Gasteiger partial charge in [-0.15, -0.1) is 0 Å². The molecule has 18 heavy (non-hydrogen) atoms. The number of rotatable bonds is 6. The van der Waals surface area contributed by atoms with Crippen LogP contribution in [-0.4, -0.2) is 21.9 Å². The highest BCUT2D eigenvalue weighted by Crippen LogP contribution is 2.23. The molecule has 0 spiro atoms. The minimum Gasteiger partial charge on any atom is -0.368 e. The van der Waals surface area contributed by atoms with Gasteiger partial charge in [-0.2, -0.15) is 0 Å². The van der Waals surface area contributed by atoms with Crippen LogP contribution in [0.4, 0.5) is 5.82 Å². The molecule has 0 saturated carbocycles. The van der Waals surface area contributed by atoms with E-state index < -0.39 is 11.9 Å². The van der Waals surface area contributed by atoms with Gasteiger partial charge in [0.25, 0.3) is 0 Å². The third-order valence-electron chi connectivity index (χ3n) is 2.66. The molecule has 0 aromatic carbocycles. The average molecular weight is 271 g/mol. The molecule has 1 aromatic rings. The Hall–Kier alpha value is -1.36. The van der Waals surface area contributed by atoms with Crippen LogP contribution in [0.3, 0.4) is 0 Å². The summed E-state index contributed by atoms with van der Waals surface area (Å²) in [5, 5.41) is 3.48. The topological polar surface area (TPSA) is 80.9 Å². The lowest BCUT2D eigenvalue weighted by molar-refractivity contribution is -0.119. The van der Waals surface area contributed by atoms with Crippen molar-refractivity contribution in [2.45, 2.75) is 39.7 Å². The first-order chi connectivity index (χ1) is 8.47. The summed E-state index contributed by atoms with van der Waals surface area (Å²) in [6.07, 6.45) is 3.05. The van der Waals surface area contributed by atoms with Crippen molar-refractivity contribution >= 4 is 23.3 Å². The van der Waals surface area contributed by atoms with Gasteiger partial charge in [-0.25, -0.2) is 9.97 Å². The zero-order chi connectivity index (χ0) is 13.7. The zero-order valence-electron chi connectivity index (χ0n) is 10.9. The van der Waals surface area contributed by atoms with Gasteiger partial charge < -0.3 is 11.1 Å². The zero-order valence-corrected chi connectivity index (χ0v) is 11.7. The number of aromatic nitrogens is 2. The predicted molar refractivity (Wildman–Crippen MR) is 72.5 cm³/mol. The molecule has 5 nitrogen and oxygen atoms in total. The molecule has 1 unspecified atom stereocenters. The van der Waals surface area contributed by atoms with E-state index in [9.17, 15) is 4.79 Å². The standard InChI is InChI=1S/C12H19ClN4O/c1-4-5-8-10(13)15-6-16-12(8)17-9(7(2)3)11(14)18/h6-7,9H,4-5H2,1-3H3,(H2,14,18)(H,15,16,17). The van der Waals surface area contributed by atoms with Gasteiger partial charge >= 0.3 is 0 Å². The van der Waals surface area contributed by atoms with Crippen LogP contribution in [0.2, 0.25) is 5.15 Å². The third-order valence-corrected chi connectivity index (χ3v) is 2.98. The van der Waals surface area contributed by atoms with Crippen LogP contribution in [0.5, 0.6) is 0 Å². The number of hydrogen-bond donors (Lipinski definition) is 2. The van der Waals surface area contributed by atoms with Crippen molar-refractivity contribution in [3.63, 3.8) is 0 Å². The highest BCUT2D eigenvalue weighted by Gasteiger charge is 2.21. The maximum Gasteiger partial charge on any atom is 0.240 e. The fourth-order valence-electron chi connectivity index (χ4n) is 1.70. The number of hydrogen-bond acceptors (Lipinski definition) is 4. The van der Waals surface area contributed by atoms with Crippen molar-refractivity contribution in [3.8, 4) is 0 Å². The molecule has 0 radical (unpaired) electrons. The quantitative estimate of drug-likeness (QED) is 0.775. The smallest absolute Gasteiger partial charge is 0.240 e. The minimum absolute atomic E-state index is 0.0747. The van der Waals surface area contributed by atoms with Crippen molar-refractivity contribution in [3.05, 3.63) is 17.0 Å². The van der Waals surface area contributed by atoms with E-state index in [1.165, 1.54) is 6.33 Å². The van der Waals surface area contributed by atoms with Crippen molar-refractivity contribution in [1.82, 2.24) is 9.97 Å². The molecule has 0 bridgehead atoms. The summed E-state index contributed by atoms with van der Waals surface area (Å²) in [6.45, 7) is 5.89. The van der Waals surface area contributed by atoms with Gasteiger partial charge in [-0.3, -0.25) is 4.79 Å². The van der Waals surface area contributed by atoms with E-state index in [-0.39, 0.29) is 5.92 Å². The van der Waals surface area contributed by atoms with E-state index >= 15 is 0 Å². The Morgan fingerprint density at radius 1 is 1.50 bits per heavy atom. The van der Waals surface area contributed by atoms with Crippen LogP contribution >= 0.6 is 11.6 Å². The number of carbonyl (C=O) groups excluding carboxylic acids is 1. The Morgan fingerprint density at radius 3 is 2.67 bits per heavy atom. The van der Waals surface area contributed by atoms with Crippen LogP contribution in [-0.2, 0) is 11.2 Å². The second-order valence-corrected chi connectivity index (χ2v) is 4.87. The van der Waals surface area contributed by atoms with Gasteiger partial charge in [0.15, 0.2) is 0 Å². The molecule has 1 rings (SSSR count). The van der Waals surface area contributed by atoms with Crippen LogP contribution in [0.25, 0.3) is 0 Å². The summed E-state index contributed by atoms with van der Waals surface area (Å²) in [4.78, 5) is 19.5. The molecule has 0 saturated heterocycles. The van der Waals surface area contributed by atoms with Crippen molar-refractivity contribution in [1.29, 1.82) is 0 Å². The van der Waals surface area contributed by atoms with Gasteiger partial charge in [0, 0.05) is 5.56 Å². The molecule has 3 N–H and O–H groups in total. The van der Waals surface area contributed by atoms with Gasteiger partial charge in [0.05, 0.1) is 0 Å². The molecule has 6 heteroatoms. The lowest BCUT2D eigenvalue weighted by Crippen LogP contribution is -2.40. The molecule has 0 aliphatic rings. The fourth-order valence-corrected chi connectivity index (χ4v) is 1.93. The second-order valence-electron chi connectivity index (χ2n) is 4.51. The van der Waals surface area contributed by atoms with E-state index in [0.29, 0.717) is 11.0 Å². The van der Waals surface area contributed by atoms with Crippen LogP contribution in [0.1, 0.15) is 32.8 Å². The number of nitrogens with one attached hydrogen (secondary N) is 1. The highest BCUT2D eigenvalue weighted by molar-refractivity contribution is 6.30. The first-order valence-corrected chi connectivity index (χ1v) is 6.40. The number of halogens is 1. The van der Waals surface area contributed by atoms with Crippen LogP contribution < -0.4 is 11.1 Å². The van der Waals surface area contributed by atoms with Gasteiger partial charge in [0.2, 0.25) is 5.91 Å². The monoisotopic (exact) mass is 270 g/mol. The number of anilines is 1. The molecule has 1 aromatic heterocycles. The van der Waals surface area contributed by atoms with E-state index in [1.54, 1.807) is 0 Å². The molecule has 1 heterocycles. The second kappa shape index (κ2) is 6.54. The molecule has 0 aliphatic heterocycles. The Balaban J connectivity index is 3.02.